The summed E-state index contributed by atoms with van der Waals surface area (Å²) in [7, 11) is 0. The van der Waals surface area contributed by atoms with Crippen molar-refractivity contribution < 1.29 is 9.18 Å². The molecule has 1 amide bonds. The van der Waals surface area contributed by atoms with Crippen LogP contribution >= 0.6 is 0 Å². The maximum atomic E-state index is 14.2. The Kier molecular flexibility index (Phi) is 5.52. The summed E-state index contributed by atoms with van der Waals surface area (Å²) in [5.41, 5.74) is 6.76. The SMILES string of the molecule is CCc1cccc2c(C(CC(=O)N3CCc4ccccc4C3)c3cccc(F)c3)c[nH]c12. The minimum Gasteiger partial charge on any atom is -0.361 e. The highest BCUT2D eigenvalue weighted by atomic mass is 19.1. The number of benzene rings is 3. The molecule has 3 aromatic carbocycles. The number of nitrogens with one attached hydrogen (secondary N) is 1. The smallest absolute Gasteiger partial charge is 0.223 e. The number of hydrogen-bond donors (Lipinski definition) is 1. The first-order chi connectivity index (χ1) is 15.6. The average Bonchev–Trinajstić information content (AvgIpc) is 3.26. The Morgan fingerprint density at radius 3 is 2.69 bits per heavy atom. The molecule has 0 radical (unpaired) electrons. The quantitative estimate of drug-likeness (QED) is 0.419. The van der Waals surface area contributed by atoms with Crippen LogP contribution in [-0.4, -0.2) is 22.3 Å². The molecule has 1 N–H and O–H groups in total. The van der Waals surface area contributed by atoms with E-state index in [1.165, 1.54) is 22.8 Å². The summed E-state index contributed by atoms with van der Waals surface area (Å²) in [5.74, 6) is -0.382. The Labute approximate surface area is 187 Å². The van der Waals surface area contributed by atoms with Crippen molar-refractivity contribution in [2.45, 2.75) is 38.6 Å². The average molecular weight is 427 g/mol. The third-order valence-corrected chi connectivity index (χ3v) is 6.70. The van der Waals surface area contributed by atoms with Crippen LogP contribution in [0.2, 0.25) is 0 Å². The van der Waals surface area contributed by atoms with Crippen molar-refractivity contribution in [3.63, 3.8) is 0 Å². The summed E-state index contributed by atoms with van der Waals surface area (Å²) in [6, 6.07) is 21.3. The molecule has 0 saturated heterocycles. The van der Waals surface area contributed by atoms with E-state index in [1.807, 2.05) is 23.2 Å². The molecule has 32 heavy (non-hydrogen) atoms. The molecule has 0 fully saturated rings. The third kappa shape index (κ3) is 3.81. The van der Waals surface area contributed by atoms with Gasteiger partial charge in [0.1, 0.15) is 5.82 Å². The summed E-state index contributed by atoms with van der Waals surface area (Å²) in [5, 5.41) is 1.11. The molecular weight excluding hydrogens is 399 g/mol. The lowest BCUT2D eigenvalue weighted by molar-refractivity contribution is -0.132. The van der Waals surface area contributed by atoms with Crippen molar-refractivity contribution >= 4 is 16.8 Å². The number of aromatic amines is 1. The zero-order valence-corrected chi connectivity index (χ0v) is 18.3. The molecule has 5 rings (SSSR count). The zero-order chi connectivity index (χ0) is 22.1. The fraction of sp³-hybridized carbons (Fsp3) is 0.250. The minimum absolute atomic E-state index is 0.106. The Morgan fingerprint density at radius 1 is 1.06 bits per heavy atom. The van der Waals surface area contributed by atoms with Crippen LogP contribution in [0.1, 0.15) is 47.1 Å². The minimum atomic E-state index is -0.277. The first-order valence-corrected chi connectivity index (χ1v) is 11.3. The lowest BCUT2D eigenvalue weighted by Crippen LogP contribution is -2.36. The van der Waals surface area contributed by atoms with Gasteiger partial charge in [-0.2, -0.15) is 0 Å². The topological polar surface area (TPSA) is 36.1 Å². The van der Waals surface area contributed by atoms with Crippen molar-refractivity contribution in [1.82, 2.24) is 9.88 Å². The van der Waals surface area contributed by atoms with E-state index in [9.17, 15) is 9.18 Å². The highest BCUT2D eigenvalue weighted by Gasteiger charge is 2.27. The van der Waals surface area contributed by atoms with Gasteiger partial charge in [-0.3, -0.25) is 4.79 Å². The van der Waals surface area contributed by atoms with Crippen LogP contribution in [0.25, 0.3) is 10.9 Å². The van der Waals surface area contributed by atoms with Gasteiger partial charge in [-0.05, 0) is 52.8 Å². The second-order valence-electron chi connectivity index (χ2n) is 8.58. The monoisotopic (exact) mass is 426 g/mol. The fourth-order valence-electron chi connectivity index (χ4n) is 4.96. The van der Waals surface area contributed by atoms with Gasteiger partial charge in [0.25, 0.3) is 0 Å². The summed E-state index contributed by atoms with van der Waals surface area (Å²) in [6.07, 6.45) is 4.11. The third-order valence-electron chi connectivity index (χ3n) is 6.70. The molecule has 1 aromatic heterocycles. The standard InChI is InChI=1S/C28H27FN2O/c1-2-19-9-6-12-24-26(17-30-28(19)24)25(21-10-5-11-23(29)15-21)16-27(32)31-14-13-20-7-3-4-8-22(20)18-31/h3-12,15,17,25,30H,2,13-14,16,18H2,1H3. The molecule has 0 saturated carbocycles. The van der Waals surface area contributed by atoms with Crippen LogP contribution in [-0.2, 0) is 24.2 Å². The van der Waals surface area contributed by atoms with E-state index in [0.717, 1.165) is 41.4 Å². The number of para-hydroxylation sites is 1. The normalized spacial score (nSPS) is 14.4. The summed E-state index contributed by atoms with van der Waals surface area (Å²) < 4.78 is 14.2. The van der Waals surface area contributed by atoms with Crippen molar-refractivity contribution in [2.24, 2.45) is 0 Å². The van der Waals surface area contributed by atoms with Crippen LogP contribution in [0.5, 0.6) is 0 Å². The number of halogens is 1. The van der Waals surface area contributed by atoms with Gasteiger partial charge in [-0.15, -0.1) is 0 Å². The largest absolute Gasteiger partial charge is 0.361 e. The van der Waals surface area contributed by atoms with Gasteiger partial charge >= 0.3 is 0 Å². The number of aryl methyl sites for hydroxylation is 1. The van der Waals surface area contributed by atoms with Gasteiger partial charge in [0.2, 0.25) is 5.91 Å². The number of carbonyl (C=O) groups is 1. The molecule has 1 atom stereocenters. The molecule has 1 aliphatic heterocycles. The summed E-state index contributed by atoms with van der Waals surface area (Å²) in [6.45, 7) is 3.50. The number of carbonyl (C=O) groups excluding carboxylic acids is 1. The lowest BCUT2D eigenvalue weighted by Gasteiger charge is -2.30. The molecule has 0 bridgehead atoms. The fourth-order valence-corrected chi connectivity index (χ4v) is 4.96. The summed E-state index contributed by atoms with van der Waals surface area (Å²) in [4.78, 5) is 18.8. The van der Waals surface area contributed by atoms with E-state index < -0.39 is 0 Å². The lowest BCUT2D eigenvalue weighted by atomic mass is 9.87. The number of hydrogen-bond acceptors (Lipinski definition) is 1. The highest BCUT2D eigenvalue weighted by molar-refractivity contribution is 5.88. The number of nitrogens with zero attached hydrogens (tertiary/aromatic N) is 1. The van der Waals surface area contributed by atoms with Gasteiger partial charge < -0.3 is 9.88 Å². The number of aromatic nitrogens is 1. The molecule has 1 unspecified atom stereocenters. The Morgan fingerprint density at radius 2 is 1.88 bits per heavy atom. The predicted molar refractivity (Wildman–Crippen MR) is 126 cm³/mol. The first-order valence-electron chi connectivity index (χ1n) is 11.3. The first kappa shape index (κ1) is 20.5. The van der Waals surface area contributed by atoms with E-state index in [-0.39, 0.29) is 17.6 Å². The molecule has 3 nitrogen and oxygen atoms in total. The van der Waals surface area contributed by atoms with Crippen LogP contribution in [0.15, 0.2) is 72.9 Å². The Hall–Kier alpha value is -3.40. The van der Waals surface area contributed by atoms with Gasteiger partial charge in [0, 0.05) is 42.5 Å². The van der Waals surface area contributed by atoms with Crippen LogP contribution in [0.4, 0.5) is 4.39 Å². The summed E-state index contributed by atoms with van der Waals surface area (Å²) >= 11 is 0. The van der Waals surface area contributed by atoms with E-state index >= 15 is 0 Å². The Bertz CT molecular complexity index is 1280. The molecule has 1 aliphatic rings. The number of fused-ring (bicyclic) bond motifs is 2. The molecule has 4 aromatic rings. The van der Waals surface area contributed by atoms with Gasteiger partial charge in [0.05, 0.1) is 0 Å². The molecule has 162 valence electrons. The Balaban J connectivity index is 1.50. The number of rotatable bonds is 5. The predicted octanol–water partition coefficient (Wildman–Crippen LogP) is 5.98. The highest BCUT2D eigenvalue weighted by Crippen LogP contribution is 2.35. The van der Waals surface area contributed by atoms with E-state index in [1.54, 1.807) is 12.1 Å². The van der Waals surface area contributed by atoms with Crippen molar-refractivity contribution in [3.05, 3.63) is 107 Å². The van der Waals surface area contributed by atoms with Gasteiger partial charge in [-0.25, -0.2) is 4.39 Å². The van der Waals surface area contributed by atoms with Crippen molar-refractivity contribution in [2.75, 3.05) is 6.54 Å². The molecule has 4 heteroatoms. The molecule has 0 aliphatic carbocycles. The molecular formula is C28H27FN2O. The van der Waals surface area contributed by atoms with Crippen LogP contribution < -0.4 is 0 Å². The maximum absolute atomic E-state index is 14.2. The van der Waals surface area contributed by atoms with E-state index in [0.29, 0.717) is 13.0 Å². The number of amides is 1. The maximum Gasteiger partial charge on any atom is 0.223 e. The molecule has 0 spiro atoms. The van der Waals surface area contributed by atoms with Crippen LogP contribution in [0, 0.1) is 5.82 Å². The van der Waals surface area contributed by atoms with Crippen molar-refractivity contribution in [1.29, 1.82) is 0 Å². The van der Waals surface area contributed by atoms with E-state index in [4.69, 9.17) is 0 Å². The van der Waals surface area contributed by atoms with Crippen LogP contribution in [0.3, 0.4) is 0 Å². The van der Waals surface area contributed by atoms with Gasteiger partial charge in [0.15, 0.2) is 0 Å². The second-order valence-corrected chi connectivity index (χ2v) is 8.58. The van der Waals surface area contributed by atoms with E-state index in [2.05, 4.69) is 48.3 Å². The second kappa shape index (κ2) is 8.62. The number of H-pyrrole nitrogens is 1. The van der Waals surface area contributed by atoms with Crippen molar-refractivity contribution in [3.8, 4) is 0 Å². The van der Waals surface area contributed by atoms with Gasteiger partial charge in [-0.1, -0.05) is 61.5 Å². The molecule has 2 heterocycles. The zero-order valence-electron chi connectivity index (χ0n) is 18.3.